The maximum absolute atomic E-state index is 7.01. The molecule has 1 rings (SSSR count). The van der Waals surface area contributed by atoms with Gasteiger partial charge in [-0.25, -0.2) is 0 Å². The maximum Gasteiger partial charge on any atom is 0.183 e. The van der Waals surface area contributed by atoms with Gasteiger partial charge in [-0.05, 0) is 0 Å². The zero-order valence-corrected chi connectivity index (χ0v) is 7.12. The summed E-state index contributed by atoms with van der Waals surface area (Å²) in [5.41, 5.74) is 14.9. The van der Waals surface area contributed by atoms with Crippen molar-refractivity contribution in [2.75, 3.05) is 0 Å². The second-order valence-electron chi connectivity index (χ2n) is 2.24. The molecule has 0 bridgehead atoms. The minimum absolute atomic E-state index is 0.121. The van der Waals surface area contributed by atoms with Gasteiger partial charge in [0.1, 0.15) is 5.84 Å². The lowest BCUT2D eigenvalue weighted by atomic mass is 10.2. The Morgan fingerprint density at radius 2 is 1.31 bits per heavy atom. The normalized spacial score (nSPS) is 8.00. The highest BCUT2D eigenvalue weighted by molar-refractivity contribution is 5.94. The summed E-state index contributed by atoms with van der Waals surface area (Å²) in [7, 11) is 0. The topological polar surface area (TPSA) is 126 Å². The van der Waals surface area contributed by atoms with Crippen molar-refractivity contribution in [3.63, 3.8) is 0 Å². The first-order valence-electron chi connectivity index (χ1n) is 3.53. The van der Waals surface area contributed by atoms with Crippen LogP contribution in [-0.2, 0) is 0 Å². The highest BCUT2D eigenvalue weighted by atomic mass is 14.9. The zero-order valence-electron chi connectivity index (χ0n) is 7.12. The molecule has 0 aromatic heterocycles. The third-order valence-corrected chi connectivity index (χ3v) is 1.08. The molecule has 13 heavy (non-hydrogen) atoms. The van der Waals surface area contributed by atoms with Gasteiger partial charge in [0.2, 0.25) is 0 Å². The van der Waals surface area contributed by atoms with Crippen molar-refractivity contribution >= 4 is 11.8 Å². The lowest BCUT2D eigenvalue weighted by molar-refractivity contribution is 1.39. The van der Waals surface area contributed by atoms with Gasteiger partial charge in [-0.1, -0.05) is 30.3 Å². The van der Waals surface area contributed by atoms with Crippen molar-refractivity contribution in [1.29, 1.82) is 10.8 Å². The molecule has 5 heteroatoms. The summed E-state index contributed by atoms with van der Waals surface area (Å²) in [5.74, 6) is -0.212. The number of rotatable bonds is 1. The summed E-state index contributed by atoms with van der Waals surface area (Å²) < 4.78 is 0. The molecule has 0 heterocycles. The number of hydrogen-bond acceptors (Lipinski definition) is 2. The summed E-state index contributed by atoms with van der Waals surface area (Å²) in [6.45, 7) is 0. The van der Waals surface area contributed by atoms with Crippen LogP contribution < -0.4 is 17.2 Å². The van der Waals surface area contributed by atoms with Crippen LogP contribution in [0.3, 0.4) is 0 Å². The molecular formula is C8H13N5. The van der Waals surface area contributed by atoms with Crippen molar-refractivity contribution in [1.82, 2.24) is 0 Å². The van der Waals surface area contributed by atoms with E-state index < -0.39 is 0 Å². The Hall–Kier alpha value is -2.04. The van der Waals surface area contributed by atoms with Crippen molar-refractivity contribution in [2.24, 2.45) is 17.2 Å². The molecule has 70 valence electrons. The molecule has 0 fully saturated rings. The monoisotopic (exact) mass is 179 g/mol. The first-order valence-corrected chi connectivity index (χ1v) is 3.53. The number of hydrogen-bond donors (Lipinski definition) is 5. The maximum atomic E-state index is 7.01. The highest BCUT2D eigenvalue weighted by Crippen LogP contribution is 1.94. The van der Waals surface area contributed by atoms with E-state index in [4.69, 9.17) is 16.6 Å². The fourth-order valence-corrected chi connectivity index (χ4v) is 0.618. The minimum Gasteiger partial charge on any atom is -0.384 e. The van der Waals surface area contributed by atoms with Gasteiger partial charge in [-0.2, -0.15) is 0 Å². The average Bonchev–Trinajstić information content (AvgIpc) is 2.05. The van der Waals surface area contributed by atoms with E-state index in [-0.39, 0.29) is 11.8 Å². The summed E-state index contributed by atoms with van der Waals surface area (Å²) >= 11 is 0. The second kappa shape index (κ2) is 5.59. The SMILES string of the molecule is N=C(N)N.N=C(N)c1ccccc1. The molecule has 0 atom stereocenters. The van der Waals surface area contributed by atoms with Crippen molar-refractivity contribution in [3.05, 3.63) is 35.9 Å². The van der Waals surface area contributed by atoms with Gasteiger partial charge in [0.05, 0.1) is 0 Å². The average molecular weight is 179 g/mol. The second-order valence-corrected chi connectivity index (χ2v) is 2.24. The third kappa shape index (κ3) is 6.36. The van der Waals surface area contributed by atoms with E-state index in [2.05, 4.69) is 11.5 Å². The van der Waals surface area contributed by atoms with Gasteiger partial charge in [0, 0.05) is 5.56 Å². The lowest BCUT2D eigenvalue weighted by Crippen LogP contribution is -2.20. The molecule has 1 aromatic carbocycles. The molecule has 0 unspecified atom stereocenters. The quantitative estimate of drug-likeness (QED) is 0.303. The number of amidine groups is 1. The summed E-state index contributed by atoms with van der Waals surface area (Å²) in [4.78, 5) is 0. The Balaban J connectivity index is 0.000000310. The van der Waals surface area contributed by atoms with E-state index in [1.165, 1.54) is 0 Å². The fraction of sp³-hybridized carbons (Fsp3) is 0. The minimum atomic E-state index is -0.333. The fourth-order valence-electron chi connectivity index (χ4n) is 0.618. The van der Waals surface area contributed by atoms with Crippen molar-refractivity contribution in [3.8, 4) is 0 Å². The van der Waals surface area contributed by atoms with Crippen LogP contribution in [0.1, 0.15) is 5.56 Å². The molecular weight excluding hydrogens is 166 g/mol. The standard InChI is InChI=1S/C7H8N2.CH5N3/c8-7(9)6-4-2-1-3-5-6;2-1(3)4/h1-5H,(H3,8,9);(H5,2,3,4). The van der Waals surface area contributed by atoms with E-state index in [0.717, 1.165) is 5.56 Å². The van der Waals surface area contributed by atoms with Crippen molar-refractivity contribution < 1.29 is 0 Å². The number of guanidine groups is 1. The van der Waals surface area contributed by atoms with Crippen LogP contribution >= 0.6 is 0 Å². The van der Waals surface area contributed by atoms with E-state index in [1.807, 2.05) is 30.3 Å². The van der Waals surface area contributed by atoms with E-state index >= 15 is 0 Å². The molecule has 0 aliphatic carbocycles. The number of benzene rings is 1. The molecule has 0 spiro atoms. The Morgan fingerprint density at radius 1 is 0.923 bits per heavy atom. The Bertz CT molecular complexity index is 276. The molecule has 1 aromatic rings. The predicted octanol–water partition coefficient (Wildman–Crippen LogP) is -0.191. The molecule has 0 saturated carbocycles. The smallest absolute Gasteiger partial charge is 0.183 e. The Morgan fingerprint density at radius 3 is 1.54 bits per heavy atom. The van der Waals surface area contributed by atoms with Crippen molar-refractivity contribution in [2.45, 2.75) is 0 Å². The molecule has 5 nitrogen and oxygen atoms in total. The van der Waals surface area contributed by atoms with Crippen LogP contribution in [-0.4, -0.2) is 11.8 Å². The van der Waals surface area contributed by atoms with E-state index in [1.54, 1.807) is 0 Å². The first kappa shape index (κ1) is 11.0. The number of nitrogens with two attached hydrogens (primary N) is 3. The molecule has 0 radical (unpaired) electrons. The molecule has 0 aliphatic rings. The summed E-state index contributed by atoms with van der Waals surface area (Å²) in [5, 5.41) is 13.1. The van der Waals surface area contributed by atoms with Crippen LogP contribution in [0.15, 0.2) is 30.3 Å². The number of nitrogens with one attached hydrogen (secondary N) is 2. The van der Waals surface area contributed by atoms with Gasteiger partial charge in [-0.3, -0.25) is 10.8 Å². The van der Waals surface area contributed by atoms with Crippen LogP contribution in [0, 0.1) is 10.8 Å². The number of nitrogen functional groups attached to an aromatic ring is 1. The van der Waals surface area contributed by atoms with Gasteiger partial charge in [0.15, 0.2) is 5.96 Å². The van der Waals surface area contributed by atoms with Gasteiger partial charge in [0.25, 0.3) is 0 Å². The largest absolute Gasteiger partial charge is 0.384 e. The first-order chi connectivity index (χ1) is 6.04. The molecule has 0 aliphatic heterocycles. The zero-order chi connectivity index (χ0) is 10.3. The van der Waals surface area contributed by atoms with Gasteiger partial charge >= 0.3 is 0 Å². The molecule has 0 saturated heterocycles. The van der Waals surface area contributed by atoms with Gasteiger partial charge < -0.3 is 17.2 Å². The molecule has 8 N–H and O–H groups in total. The van der Waals surface area contributed by atoms with Gasteiger partial charge in [-0.15, -0.1) is 0 Å². The van der Waals surface area contributed by atoms with Crippen LogP contribution in [0.5, 0.6) is 0 Å². The Labute approximate surface area is 76.6 Å². The van der Waals surface area contributed by atoms with E-state index in [9.17, 15) is 0 Å². The van der Waals surface area contributed by atoms with Crippen LogP contribution in [0.4, 0.5) is 0 Å². The van der Waals surface area contributed by atoms with Crippen LogP contribution in [0.25, 0.3) is 0 Å². The Kier molecular flexibility index (Phi) is 4.71. The summed E-state index contributed by atoms with van der Waals surface area (Å²) in [6.07, 6.45) is 0. The highest BCUT2D eigenvalue weighted by Gasteiger charge is 1.89. The molecule has 0 amide bonds. The third-order valence-electron chi connectivity index (χ3n) is 1.08. The van der Waals surface area contributed by atoms with Crippen LogP contribution in [0.2, 0.25) is 0 Å². The lowest BCUT2D eigenvalue weighted by Gasteiger charge is -1.93. The predicted molar refractivity (Wildman–Crippen MR) is 53.6 cm³/mol. The van der Waals surface area contributed by atoms with E-state index in [0.29, 0.717) is 0 Å². The summed E-state index contributed by atoms with van der Waals surface area (Å²) in [6, 6.07) is 9.23.